The maximum Gasteiger partial charge on any atom is 0.0513 e. The highest BCUT2D eigenvalue weighted by Crippen LogP contribution is 2.27. The van der Waals surface area contributed by atoms with Gasteiger partial charge in [0.05, 0.1) is 5.52 Å². The van der Waals surface area contributed by atoms with E-state index in [2.05, 4.69) is 41.5 Å². The van der Waals surface area contributed by atoms with E-state index >= 15 is 0 Å². The van der Waals surface area contributed by atoms with Crippen LogP contribution >= 0.6 is 0 Å². The second kappa shape index (κ2) is 4.41. The summed E-state index contributed by atoms with van der Waals surface area (Å²) in [5.74, 6) is 0. The third kappa shape index (κ3) is 1.84. The fourth-order valence-electron chi connectivity index (χ4n) is 3.18. The van der Waals surface area contributed by atoms with Gasteiger partial charge in [0.15, 0.2) is 0 Å². The molecule has 2 N–H and O–H groups in total. The monoisotopic (exact) mass is 243 g/mol. The molecule has 0 saturated heterocycles. The SMILES string of the molecule is Cc1cc(C)c2c(c1)cc1n2CCN(CCN)C1. The van der Waals surface area contributed by atoms with Crippen LogP contribution in [-0.2, 0) is 13.1 Å². The third-order valence-electron chi connectivity index (χ3n) is 3.88. The van der Waals surface area contributed by atoms with Crippen LogP contribution in [-0.4, -0.2) is 29.1 Å². The Kier molecular flexibility index (Phi) is 2.88. The first kappa shape index (κ1) is 11.8. The van der Waals surface area contributed by atoms with Crippen LogP contribution < -0.4 is 5.73 Å². The van der Waals surface area contributed by atoms with E-state index in [9.17, 15) is 0 Å². The lowest BCUT2D eigenvalue weighted by atomic mass is 10.1. The Morgan fingerprint density at radius 1 is 1.17 bits per heavy atom. The number of nitrogens with zero attached hydrogens (tertiary/aromatic N) is 2. The molecule has 0 fully saturated rings. The molecular formula is C15H21N3. The van der Waals surface area contributed by atoms with E-state index in [1.165, 1.54) is 27.7 Å². The largest absolute Gasteiger partial charge is 0.342 e. The van der Waals surface area contributed by atoms with E-state index in [4.69, 9.17) is 5.73 Å². The fraction of sp³-hybridized carbons (Fsp3) is 0.467. The van der Waals surface area contributed by atoms with Crippen molar-refractivity contribution in [2.45, 2.75) is 26.9 Å². The summed E-state index contributed by atoms with van der Waals surface area (Å²) in [6, 6.07) is 6.92. The molecule has 0 bridgehead atoms. The van der Waals surface area contributed by atoms with Crippen molar-refractivity contribution < 1.29 is 0 Å². The molecule has 3 nitrogen and oxygen atoms in total. The molecule has 1 aromatic carbocycles. The topological polar surface area (TPSA) is 34.2 Å². The number of aromatic nitrogens is 1. The standard InChI is InChI=1S/C15H21N3/c1-11-7-12(2)15-13(8-11)9-14-10-17(4-3-16)5-6-18(14)15/h7-9H,3-6,10,16H2,1-2H3. The first-order chi connectivity index (χ1) is 8.69. The third-order valence-corrected chi connectivity index (χ3v) is 3.88. The summed E-state index contributed by atoms with van der Waals surface area (Å²) in [6.07, 6.45) is 0. The van der Waals surface area contributed by atoms with E-state index in [0.717, 1.165) is 32.7 Å². The minimum atomic E-state index is 0.748. The van der Waals surface area contributed by atoms with E-state index in [1.807, 2.05) is 0 Å². The summed E-state index contributed by atoms with van der Waals surface area (Å²) in [6.45, 7) is 9.37. The van der Waals surface area contributed by atoms with Gasteiger partial charge in [0, 0.05) is 43.8 Å². The van der Waals surface area contributed by atoms with Gasteiger partial charge in [-0.15, -0.1) is 0 Å². The predicted octanol–water partition coefficient (Wildman–Crippen LogP) is 2.03. The van der Waals surface area contributed by atoms with Crippen LogP contribution in [0.25, 0.3) is 10.9 Å². The first-order valence-electron chi connectivity index (χ1n) is 6.71. The van der Waals surface area contributed by atoms with Gasteiger partial charge in [-0.2, -0.15) is 0 Å². The van der Waals surface area contributed by atoms with Crippen LogP contribution in [0.4, 0.5) is 0 Å². The summed E-state index contributed by atoms with van der Waals surface area (Å²) < 4.78 is 2.48. The quantitative estimate of drug-likeness (QED) is 0.875. The van der Waals surface area contributed by atoms with Gasteiger partial charge < -0.3 is 10.3 Å². The van der Waals surface area contributed by atoms with Gasteiger partial charge in [-0.1, -0.05) is 11.6 Å². The minimum Gasteiger partial charge on any atom is -0.342 e. The minimum absolute atomic E-state index is 0.748. The summed E-state index contributed by atoms with van der Waals surface area (Å²) in [5.41, 5.74) is 11.2. The predicted molar refractivity (Wildman–Crippen MR) is 75.7 cm³/mol. The molecule has 0 radical (unpaired) electrons. The van der Waals surface area contributed by atoms with E-state index in [-0.39, 0.29) is 0 Å². The smallest absolute Gasteiger partial charge is 0.0513 e. The maximum atomic E-state index is 5.65. The Morgan fingerprint density at radius 2 is 2.00 bits per heavy atom. The molecule has 0 unspecified atom stereocenters. The molecule has 1 aliphatic rings. The van der Waals surface area contributed by atoms with E-state index in [1.54, 1.807) is 0 Å². The number of benzene rings is 1. The molecule has 0 atom stereocenters. The van der Waals surface area contributed by atoms with Crippen LogP contribution in [0.3, 0.4) is 0 Å². The zero-order chi connectivity index (χ0) is 12.7. The van der Waals surface area contributed by atoms with E-state index in [0.29, 0.717) is 0 Å². The molecule has 3 rings (SSSR count). The second-order valence-corrected chi connectivity index (χ2v) is 5.37. The van der Waals surface area contributed by atoms with Crippen LogP contribution in [0.15, 0.2) is 18.2 Å². The lowest BCUT2D eigenvalue weighted by Crippen LogP contribution is -2.36. The Labute approximate surface area is 108 Å². The fourth-order valence-corrected chi connectivity index (χ4v) is 3.18. The summed E-state index contributed by atoms with van der Waals surface area (Å²) in [7, 11) is 0. The van der Waals surface area contributed by atoms with Gasteiger partial charge in [0.2, 0.25) is 0 Å². The van der Waals surface area contributed by atoms with Gasteiger partial charge in [-0.05, 0) is 31.5 Å². The molecule has 2 aromatic rings. The van der Waals surface area contributed by atoms with Crippen molar-refractivity contribution in [2.75, 3.05) is 19.6 Å². The summed E-state index contributed by atoms with van der Waals surface area (Å²) >= 11 is 0. The highest BCUT2D eigenvalue weighted by molar-refractivity contribution is 5.85. The maximum absolute atomic E-state index is 5.65. The van der Waals surface area contributed by atoms with Crippen LogP contribution in [0.5, 0.6) is 0 Å². The number of aryl methyl sites for hydroxylation is 2. The molecule has 96 valence electrons. The van der Waals surface area contributed by atoms with Crippen molar-refractivity contribution in [3.8, 4) is 0 Å². The molecule has 18 heavy (non-hydrogen) atoms. The molecule has 0 spiro atoms. The van der Waals surface area contributed by atoms with Crippen LogP contribution in [0.1, 0.15) is 16.8 Å². The van der Waals surface area contributed by atoms with Crippen molar-refractivity contribution >= 4 is 10.9 Å². The number of hydrogen-bond acceptors (Lipinski definition) is 2. The first-order valence-corrected chi connectivity index (χ1v) is 6.71. The average molecular weight is 243 g/mol. The van der Waals surface area contributed by atoms with Crippen molar-refractivity contribution in [3.05, 3.63) is 35.0 Å². The molecule has 0 amide bonds. The number of rotatable bonds is 2. The summed E-state index contributed by atoms with van der Waals surface area (Å²) in [4.78, 5) is 2.44. The van der Waals surface area contributed by atoms with E-state index < -0.39 is 0 Å². The molecule has 1 aromatic heterocycles. The van der Waals surface area contributed by atoms with Gasteiger partial charge in [0.25, 0.3) is 0 Å². The van der Waals surface area contributed by atoms with Crippen molar-refractivity contribution in [3.63, 3.8) is 0 Å². The Morgan fingerprint density at radius 3 is 2.78 bits per heavy atom. The van der Waals surface area contributed by atoms with Gasteiger partial charge in [-0.25, -0.2) is 0 Å². The van der Waals surface area contributed by atoms with Gasteiger partial charge >= 0.3 is 0 Å². The lowest BCUT2D eigenvalue weighted by Gasteiger charge is -2.28. The lowest BCUT2D eigenvalue weighted by molar-refractivity contribution is 0.229. The molecule has 1 aliphatic heterocycles. The molecular weight excluding hydrogens is 222 g/mol. The van der Waals surface area contributed by atoms with Gasteiger partial charge in [-0.3, -0.25) is 4.90 Å². The zero-order valence-corrected chi connectivity index (χ0v) is 11.2. The Bertz CT molecular complexity index is 583. The Balaban J connectivity index is 2.07. The van der Waals surface area contributed by atoms with Crippen LogP contribution in [0.2, 0.25) is 0 Å². The highest BCUT2D eigenvalue weighted by atomic mass is 15.2. The van der Waals surface area contributed by atoms with Crippen LogP contribution in [0, 0.1) is 13.8 Å². The van der Waals surface area contributed by atoms with Crippen molar-refractivity contribution in [2.24, 2.45) is 5.73 Å². The highest BCUT2D eigenvalue weighted by Gasteiger charge is 2.18. The normalized spacial score (nSPS) is 16.2. The van der Waals surface area contributed by atoms with Crippen molar-refractivity contribution in [1.29, 1.82) is 0 Å². The molecule has 0 saturated carbocycles. The van der Waals surface area contributed by atoms with Gasteiger partial charge in [0.1, 0.15) is 0 Å². The zero-order valence-electron chi connectivity index (χ0n) is 11.2. The molecule has 0 aliphatic carbocycles. The summed E-state index contributed by atoms with van der Waals surface area (Å²) in [5, 5.41) is 1.39. The number of fused-ring (bicyclic) bond motifs is 3. The average Bonchev–Trinajstić information content (AvgIpc) is 2.66. The van der Waals surface area contributed by atoms with Crippen molar-refractivity contribution in [1.82, 2.24) is 9.47 Å². The Hall–Kier alpha value is -1.32. The number of hydrogen-bond donors (Lipinski definition) is 1. The molecule has 3 heteroatoms. The second-order valence-electron chi connectivity index (χ2n) is 5.37. The number of nitrogens with two attached hydrogens (primary N) is 1. The molecule has 2 heterocycles.